The van der Waals surface area contributed by atoms with E-state index >= 15 is 0 Å². The number of hydrogen-bond acceptors (Lipinski definition) is 4. The van der Waals surface area contributed by atoms with E-state index in [0.717, 1.165) is 19.4 Å². The zero-order chi connectivity index (χ0) is 14.5. The van der Waals surface area contributed by atoms with Crippen molar-refractivity contribution >= 4 is 23.3 Å². The lowest BCUT2D eigenvalue weighted by molar-refractivity contribution is 0.0862. The van der Waals surface area contributed by atoms with Crippen molar-refractivity contribution in [1.82, 2.24) is 10.3 Å². The average molecular weight is 298 g/mol. The summed E-state index contributed by atoms with van der Waals surface area (Å²) in [5.41, 5.74) is 0.256. The highest BCUT2D eigenvalue weighted by Gasteiger charge is 2.27. The van der Waals surface area contributed by atoms with Crippen LogP contribution in [-0.4, -0.2) is 36.2 Å². The minimum atomic E-state index is -0.252. The second-order valence-corrected chi connectivity index (χ2v) is 5.31. The standard InChI is InChI=1S/C14H20ClN3O2/c1-3-7-16-12-5-4-10(15)13(18-12)14(19)17-11-6-8-20-9(11)2/h4-5,9,11H,3,6-8H2,1-2H3,(H,16,18)(H,17,19). The second kappa shape index (κ2) is 6.90. The normalized spacial score (nSPS) is 21.8. The number of ether oxygens (including phenoxy) is 1. The number of amides is 1. The van der Waals surface area contributed by atoms with Gasteiger partial charge in [-0.3, -0.25) is 4.79 Å². The van der Waals surface area contributed by atoms with Crippen LogP contribution in [0.5, 0.6) is 0 Å². The molecule has 2 atom stereocenters. The molecule has 6 heteroatoms. The summed E-state index contributed by atoms with van der Waals surface area (Å²) in [6.07, 6.45) is 1.83. The highest BCUT2D eigenvalue weighted by Crippen LogP contribution is 2.18. The van der Waals surface area contributed by atoms with Gasteiger partial charge in [0.25, 0.3) is 5.91 Å². The topological polar surface area (TPSA) is 63.2 Å². The van der Waals surface area contributed by atoms with E-state index in [1.165, 1.54) is 0 Å². The number of carbonyl (C=O) groups excluding carboxylic acids is 1. The van der Waals surface area contributed by atoms with E-state index in [1.807, 2.05) is 6.92 Å². The van der Waals surface area contributed by atoms with Gasteiger partial charge in [0.15, 0.2) is 0 Å². The maximum atomic E-state index is 12.3. The Hall–Kier alpha value is -1.33. The molecule has 5 nitrogen and oxygen atoms in total. The molecular formula is C14H20ClN3O2. The highest BCUT2D eigenvalue weighted by molar-refractivity contribution is 6.33. The molecular weight excluding hydrogens is 278 g/mol. The Labute approximate surface area is 124 Å². The fraction of sp³-hybridized carbons (Fsp3) is 0.571. The van der Waals surface area contributed by atoms with E-state index < -0.39 is 0 Å². The predicted octanol–water partition coefficient (Wildman–Crippen LogP) is 2.46. The van der Waals surface area contributed by atoms with Crippen molar-refractivity contribution in [2.45, 2.75) is 38.8 Å². The van der Waals surface area contributed by atoms with Gasteiger partial charge in [-0.05, 0) is 31.9 Å². The molecule has 0 aromatic carbocycles. The van der Waals surface area contributed by atoms with E-state index in [1.54, 1.807) is 12.1 Å². The van der Waals surface area contributed by atoms with Gasteiger partial charge in [-0.25, -0.2) is 4.98 Å². The molecule has 2 unspecified atom stereocenters. The van der Waals surface area contributed by atoms with E-state index in [9.17, 15) is 4.79 Å². The second-order valence-electron chi connectivity index (χ2n) is 4.90. The molecule has 1 saturated heterocycles. The van der Waals surface area contributed by atoms with Gasteiger partial charge in [0.1, 0.15) is 11.5 Å². The van der Waals surface area contributed by atoms with Gasteiger partial charge >= 0.3 is 0 Å². The summed E-state index contributed by atoms with van der Waals surface area (Å²) in [6, 6.07) is 3.49. The Morgan fingerprint density at radius 2 is 2.35 bits per heavy atom. The van der Waals surface area contributed by atoms with Gasteiger partial charge in [0.05, 0.1) is 17.2 Å². The quantitative estimate of drug-likeness (QED) is 0.876. The molecule has 2 heterocycles. The van der Waals surface area contributed by atoms with Crippen molar-refractivity contribution in [2.75, 3.05) is 18.5 Å². The summed E-state index contributed by atoms with van der Waals surface area (Å²) in [7, 11) is 0. The Kier molecular flexibility index (Phi) is 5.20. The lowest BCUT2D eigenvalue weighted by Gasteiger charge is -2.16. The first-order chi connectivity index (χ1) is 9.61. The van der Waals surface area contributed by atoms with E-state index in [4.69, 9.17) is 16.3 Å². The first-order valence-corrected chi connectivity index (χ1v) is 7.32. The van der Waals surface area contributed by atoms with Crippen LogP contribution in [0, 0.1) is 0 Å². The van der Waals surface area contributed by atoms with Crippen molar-refractivity contribution < 1.29 is 9.53 Å². The summed E-state index contributed by atoms with van der Waals surface area (Å²) in [5.74, 6) is 0.412. The van der Waals surface area contributed by atoms with E-state index in [0.29, 0.717) is 17.4 Å². The molecule has 1 amide bonds. The van der Waals surface area contributed by atoms with Crippen LogP contribution in [0.2, 0.25) is 5.02 Å². The molecule has 110 valence electrons. The number of rotatable bonds is 5. The third-order valence-corrected chi connectivity index (χ3v) is 3.61. The van der Waals surface area contributed by atoms with Crippen molar-refractivity contribution in [3.05, 3.63) is 22.8 Å². The molecule has 1 aliphatic heterocycles. The molecule has 0 saturated carbocycles. The minimum Gasteiger partial charge on any atom is -0.376 e. The summed E-state index contributed by atoms with van der Waals surface area (Å²) in [5, 5.41) is 6.43. The molecule has 1 fully saturated rings. The largest absolute Gasteiger partial charge is 0.376 e. The molecule has 2 N–H and O–H groups in total. The van der Waals surface area contributed by atoms with Crippen LogP contribution in [0.3, 0.4) is 0 Å². The average Bonchev–Trinajstić information content (AvgIpc) is 2.83. The van der Waals surface area contributed by atoms with Crippen molar-refractivity contribution in [2.24, 2.45) is 0 Å². The van der Waals surface area contributed by atoms with Crippen LogP contribution in [0.15, 0.2) is 12.1 Å². The maximum Gasteiger partial charge on any atom is 0.271 e. The zero-order valence-corrected chi connectivity index (χ0v) is 12.5. The number of hydrogen-bond donors (Lipinski definition) is 2. The SMILES string of the molecule is CCCNc1ccc(Cl)c(C(=O)NC2CCOC2C)n1. The molecule has 2 rings (SSSR count). The lowest BCUT2D eigenvalue weighted by atomic mass is 10.1. The number of aromatic nitrogens is 1. The number of anilines is 1. The zero-order valence-electron chi connectivity index (χ0n) is 11.8. The van der Waals surface area contributed by atoms with Gasteiger partial charge in [-0.2, -0.15) is 0 Å². The van der Waals surface area contributed by atoms with Crippen LogP contribution in [0.25, 0.3) is 0 Å². The number of pyridine rings is 1. The lowest BCUT2D eigenvalue weighted by Crippen LogP contribution is -2.39. The Morgan fingerprint density at radius 3 is 3.00 bits per heavy atom. The molecule has 0 radical (unpaired) electrons. The van der Waals surface area contributed by atoms with Crippen molar-refractivity contribution in [3.8, 4) is 0 Å². The number of carbonyl (C=O) groups is 1. The Balaban J connectivity index is 2.07. The summed E-state index contributed by atoms with van der Waals surface area (Å²) >= 11 is 6.06. The van der Waals surface area contributed by atoms with Crippen LogP contribution < -0.4 is 10.6 Å². The number of nitrogens with one attached hydrogen (secondary N) is 2. The van der Waals surface area contributed by atoms with E-state index in [-0.39, 0.29) is 23.7 Å². The molecule has 0 spiro atoms. The van der Waals surface area contributed by atoms with E-state index in [2.05, 4.69) is 22.5 Å². The third kappa shape index (κ3) is 3.61. The summed E-state index contributed by atoms with van der Waals surface area (Å²) < 4.78 is 5.43. The smallest absolute Gasteiger partial charge is 0.271 e. The predicted molar refractivity (Wildman–Crippen MR) is 79.3 cm³/mol. The monoisotopic (exact) mass is 297 g/mol. The Bertz CT molecular complexity index is 481. The first kappa shape index (κ1) is 15.1. The van der Waals surface area contributed by atoms with Gasteiger partial charge < -0.3 is 15.4 Å². The molecule has 1 aliphatic rings. The molecule has 1 aromatic heterocycles. The van der Waals surface area contributed by atoms with Crippen molar-refractivity contribution in [3.63, 3.8) is 0 Å². The molecule has 0 aliphatic carbocycles. The highest BCUT2D eigenvalue weighted by atomic mass is 35.5. The van der Waals surface area contributed by atoms with Crippen LogP contribution >= 0.6 is 11.6 Å². The van der Waals surface area contributed by atoms with Gasteiger partial charge in [-0.1, -0.05) is 18.5 Å². The molecule has 0 bridgehead atoms. The fourth-order valence-electron chi connectivity index (χ4n) is 2.11. The Morgan fingerprint density at radius 1 is 1.55 bits per heavy atom. The summed E-state index contributed by atoms with van der Waals surface area (Å²) in [4.78, 5) is 16.5. The van der Waals surface area contributed by atoms with Crippen LogP contribution in [0.4, 0.5) is 5.82 Å². The minimum absolute atomic E-state index is 0.0209. The molecule has 1 aromatic rings. The van der Waals surface area contributed by atoms with Crippen LogP contribution in [-0.2, 0) is 4.74 Å². The first-order valence-electron chi connectivity index (χ1n) is 6.94. The van der Waals surface area contributed by atoms with Crippen molar-refractivity contribution in [1.29, 1.82) is 0 Å². The number of nitrogens with zero attached hydrogens (tertiary/aromatic N) is 1. The molecule has 20 heavy (non-hydrogen) atoms. The fourth-order valence-corrected chi connectivity index (χ4v) is 2.30. The maximum absolute atomic E-state index is 12.3. The van der Waals surface area contributed by atoms with Crippen LogP contribution in [0.1, 0.15) is 37.2 Å². The van der Waals surface area contributed by atoms with Gasteiger partial charge in [0, 0.05) is 13.2 Å². The summed E-state index contributed by atoms with van der Waals surface area (Å²) in [6.45, 7) is 5.50. The third-order valence-electron chi connectivity index (χ3n) is 3.31. The van der Waals surface area contributed by atoms with Gasteiger partial charge in [-0.15, -0.1) is 0 Å². The van der Waals surface area contributed by atoms with Gasteiger partial charge in [0.2, 0.25) is 0 Å². The number of halogens is 1.